The molecule has 1 rings (SSSR count). The molecule has 13 heavy (non-hydrogen) atoms. The van der Waals surface area contributed by atoms with Crippen LogP contribution >= 0.6 is 0 Å². The summed E-state index contributed by atoms with van der Waals surface area (Å²) in [7, 11) is 0. The van der Waals surface area contributed by atoms with Gasteiger partial charge in [0.15, 0.2) is 0 Å². The molecule has 0 radical (unpaired) electrons. The summed E-state index contributed by atoms with van der Waals surface area (Å²) in [6.45, 7) is -1.99. The van der Waals surface area contributed by atoms with Gasteiger partial charge in [0.05, 0.1) is 13.1 Å². The first-order chi connectivity index (χ1) is 5.94. The van der Waals surface area contributed by atoms with E-state index in [4.69, 9.17) is 5.73 Å². The van der Waals surface area contributed by atoms with Crippen LogP contribution in [0, 0.1) is 0 Å². The molecule has 0 aliphatic carbocycles. The summed E-state index contributed by atoms with van der Waals surface area (Å²) in [5, 5.41) is 0. The lowest BCUT2D eigenvalue weighted by Crippen LogP contribution is -2.41. The third-order valence-electron chi connectivity index (χ3n) is 2.01. The van der Waals surface area contributed by atoms with Gasteiger partial charge in [0.2, 0.25) is 0 Å². The first-order valence-corrected chi connectivity index (χ1v) is 4.03. The highest BCUT2D eigenvalue weighted by molar-refractivity contribution is 4.86. The quantitative estimate of drug-likeness (QED) is 0.675. The van der Waals surface area contributed by atoms with E-state index in [1.807, 2.05) is 0 Å². The Morgan fingerprint density at radius 3 is 2.08 bits per heavy atom. The second-order valence-electron chi connectivity index (χ2n) is 3.29. The van der Waals surface area contributed by atoms with Gasteiger partial charge in [-0.15, -0.1) is 0 Å². The van der Waals surface area contributed by atoms with E-state index < -0.39 is 31.4 Å². The monoisotopic (exact) mass is 200 g/mol. The molecule has 0 spiro atoms. The van der Waals surface area contributed by atoms with Crippen molar-refractivity contribution in [3.8, 4) is 0 Å². The van der Waals surface area contributed by atoms with Crippen LogP contribution in [0.3, 0.4) is 0 Å². The van der Waals surface area contributed by atoms with E-state index >= 15 is 0 Å². The van der Waals surface area contributed by atoms with E-state index in [0.717, 1.165) is 4.90 Å². The minimum Gasteiger partial charge on any atom is -0.325 e. The summed E-state index contributed by atoms with van der Waals surface area (Å²) in [5.41, 5.74) is 4.79. The van der Waals surface area contributed by atoms with Gasteiger partial charge in [-0.2, -0.15) is 0 Å². The molecule has 0 saturated carbocycles. The van der Waals surface area contributed by atoms with Crippen molar-refractivity contribution in [3.05, 3.63) is 0 Å². The highest BCUT2D eigenvalue weighted by Gasteiger charge is 2.38. The second-order valence-corrected chi connectivity index (χ2v) is 3.29. The Hall–Kier alpha value is -0.360. The van der Waals surface area contributed by atoms with E-state index in [9.17, 15) is 17.6 Å². The molecule has 0 bridgehead atoms. The molecule has 2 N–H and O–H groups in total. The number of hydrogen-bond acceptors (Lipinski definition) is 2. The summed E-state index contributed by atoms with van der Waals surface area (Å²) in [5.74, 6) is -3.05. The van der Waals surface area contributed by atoms with Gasteiger partial charge in [-0.25, -0.2) is 17.6 Å². The molecule has 0 aromatic rings. The highest BCUT2D eigenvalue weighted by atomic mass is 19.3. The zero-order valence-electron chi connectivity index (χ0n) is 7.02. The first kappa shape index (κ1) is 10.7. The molecule has 2 atom stereocenters. The Kier molecular flexibility index (Phi) is 3.13. The number of rotatable bonds is 3. The van der Waals surface area contributed by atoms with Gasteiger partial charge >= 0.3 is 0 Å². The van der Waals surface area contributed by atoms with Crippen molar-refractivity contribution in [1.82, 2.24) is 4.90 Å². The Morgan fingerprint density at radius 2 is 1.69 bits per heavy atom. The van der Waals surface area contributed by atoms with Crippen LogP contribution < -0.4 is 5.73 Å². The number of halogens is 4. The van der Waals surface area contributed by atoms with Crippen molar-refractivity contribution < 1.29 is 17.6 Å². The Morgan fingerprint density at radius 1 is 1.23 bits per heavy atom. The van der Waals surface area contributed by atoms with E-state index in [2.05, 4.69) is 0 Å². The maximum Gasteiger partial charge on any atom is 0.272 e. The molecule has 1 fully saturated rings. The van der Waals surface area contributed by atoms with Crippen LogP contribution in [-0.2, 0) is 0 Å². The van der Waals surface area contributed by atoms with Crippen molar-refractivity contribution in [3.63, 3.8) is 0 Å². The van der Waals surface area contributed by atoms with Gasteiger partial charge in [-0.1, -0.05) is 0 Å². The maximum atomic E-state index is 12.6. The van der Waals surface area contributed by atoms with Gasteiger partial charge in [-0.05, 0) is 0 Å². The summed E-state index contributed by atoms with van der Waals surface area (Å²) in [6, 6.07) is 0. The topological polar surface area (TPSA) is 29.3 Å². The summed E-state index contributed by atoms with van der Waals surface area (Å²) in [6.07, 6.45) is -3.29. The van der Waals surface area contributed by atoms with E-state index in [0.29, 0.717) is 0 Å². The number of hydrogen-bond donors (Lipinski definition) is 1. The van der Waals surface area contributed by atoms with Crippen LogP contribution in [0.1, 0.15) is 0 Å². The van der Waals surface area contributed by atoms with Crippen LogP contribution in [0.25, 0.3) is 0 Å². The van der Waals surface area contributed by atoms with Gasteiger partial charge < -0.3 is 5.73 Å². The van der Waals surface area contributed by atoms with Crippen LogP contribution in [0.5, 0.6) is 0 Å². The minimum absolute atomic E-state index is 0.267. The normalized spacial score (nSPS) is 31.2. The van der Waals surface area contributed by atoms with Gasteiger partial charge in [0, 0.05) is 13.1 Å². The molecule has 78 valence electrons. The number of nitrogens with two attached hydrogens (primary N) is 1. The summed E-state index contributed by atoms with van der Waals surface area (Å²) in [4.78, 5) is 1.06. The zero-order valence-corrected chi connectivity index (χ0v) is 7.02. The predicted octanol–water partition coefficient (Wildman–Crippen LogP) is 0.572. The maximum absolute atomic E-state index is 12.6. The largest absolute Gasteiger partial charge is 0.325 e. The Balaban J connectivity index is 2.40. The fraction of sp³-hybridized carbons (Fsp3) is 1.00. The lowest BCUT2D eigenvalue weighted by Gasteiger charge is -2.21. The Bertz CT molecular complexity index is 166. The molecular formula is C7H12F4N2. The van der Waals surface area contributed by atoms with Crippen molar-refractivity contribution in [2.75, 3.05) is 26.2 Å². The van der Waals surface area contributed by atoms with Crippen LogP contribution in [0.15, 0.2) is 0 Å². The third-order valence-corrected chi connectivity index (χ3v) is 2.01. The molecule has 0 amide bonds. The van der Waals surface area contributed by atoms with E-state index in [1.165, 1.54) is 0 Å². The summed E-state index contributed by atoms with van der Waals surface area (Å²) < 4.78 is 50.4. The third kappa shape index (κ3) is 2.80. The second kappa shape index (κ2) is 3.79. The molecule has 1 heterocycles. The Labute approximate surface area is 73.7 Å². The van der Waals surface area contributed by atoms with Crippen LogP contribution in [-0.4, -0.2) is 49.3 Å². The molecular weight excluding hydrogens is 188 g/mol. The standard InChI is InChI=1S/C7H12F4N2/c8-5-1-13(2-6(5)9)4-7(10,11)3-12/h5-6H,1-4,12H2. The van der Waals surface area contributed by atoms with E-state index in [-0.39, 0.29) is 13.1 Å². The van der Waals surface area contributed by atoms with E-state index in [1.54, 1.807) is 0 Å². The van der Waals surface area contributed by atoms with Crippen LogP contribution in [0.2, 0.25) is 0 Å². The van der Waals surface area contributed by atoms with Crippen LogP contribution in [0.4, 0.5) is 17.6 Å². The SMILES string of the molecule is NCC(F)(F)CN1CC(F)C(F)C1. The fourth-order valence-electron chi connectivity index (χ4n) is 1.32. The van der Waals surface area contributed by atoms with Gasteiger partial charge in [0.1, 0.15) is 12.3 Å². The average Bonchev–Trinajstić information content (AvgIpc) is 2.30. The lowest BCUT2D eigenvalue weighted by atomic mass is 10.3. The molecule has 0 aromatic heterocycles. The van der Waals surface area contributed by atoms with Gasteiger partial charge in [0.25, 0.3) is 5.92 Å². The van der Waals surface area contributed by atoms with Gasteiger partial charge in [-0.3, -0.25) is 4.90 Å². The molecule has 0 aromatic carbocycles. The molecule has 2 nitrogen and oxygen atoms in total. The molecule has 1 saturated heterocycles. The van der Waals surface area contributed by atoms with Crippen molar-refractivity contribution in [2.24, 2.45) is 5.73 Å². The fourth-order valence-corrected chi connectivity index (χ4v) is 1.32. The van der Waals surface area contributed by atoms with Crippen molar-refractivity contribution in [1.29, 1.82) is 0 Å². The average molecular weight is 200 g/mol. The van der Waals surface area contributed by atoms with Crippen molar-refractivity contribution in [2.45, 2.75) is 18.3 Å². The first-order valence-electron chi connectivity index (χ1n) is 4.03. The zero-order chi connectivity index (χ0) is 10.1. The molecule has 1 aliphatic heterocycles. The highest BCUT2D eigenvalue weighted by Crippen LogP contribution is 2.21. The number of alkyl halides is 4. The van der Waals surface area contributed by atoms with Crippen molar-refractivity contribution >= 4 is 0 Å². The molecule has 6 heteroatoms. The molecule has 1 aliphatic rings. The molecule has 2 unspecified atom stereocenters. The smallest absolute Gasteiger partial charge is 0.272 e. The predicted molar refractivity (Wildman–Crippen MR) is 40.2 cm³/mol. The number of likely N-dealkylation sites (tertiary alicyclic amines) is 1. The number of nitrogens with zero attached hydrogens (tertiary/aromatic N) is 1. The lowest BCUT2D eigenvalue weighted by molar-refractivity contribution is -0.0196. The summed E-state index contributed by atoms with van der Waals surface area (Å²) >= 11 is 0. The minimum atomic E-state index is -3.05.